The Morgan fingerprint density at radius 1 is 1.29 bits per heavy atom. The summed E-state index contributed by atoms with van der Waals surface area (Å²) < 4.78 is 11.5. The fourth-order valence-corrected chi connectivity index (χ4v) is 2.94. The first-order valence-corrected chi connectivity index (χ1v) is 7.42. The molecule has 1 unspecified atom stereocenters. The molecule has 0 bridgehead atoms. The maximum absolute atomic E-state index is 11.1. The van der Waals surface area contributed by atoms with Crippen LogP contribution in [0.5, 0.6) is 11.5 Å². The van der Waals surface area contributed by atoms with Crippen LogP contribution in [0.25, 0.3) is 0 Å². The minimum atomic E-state index is -0.975. The van der Waals surface area contributed by atoms with E-state index in [1.54, 1.807) is 18.3 Å². The highest BCUT2D eigenvalue weighted by molar-refractivity contribution is 7.99. The number of benzene rings is 1. The molecule has 0 radical (unpaired) electrons. The molecule has 1 N–H and O–H groups in total. The molecule has 0 spiro atoms. The Morgan fingerprint density at radius 3 is 2.90 bits per heavy atom. The number of aromatic carboxylic acids is 1. The largest absolute Gasteiger partial charge is 0.486 e. The van der Waals surface area contributed by atoms with Crippen LogP contribution in [0, 0.1) is 0 Å². The van der Waals surface area contributed by atoms with Gasteiger partial charge in [0.2, 0.25) is 0 Å². The van der Waals surface area contributed by atoms with Crippen molar-refractivity contribution >= 4 is 17.7 Å². The summed E-state index contributed by atoms with van der Waals surface area (Å²) in [6.45, 7) is 0.444. The van der Waals surface area contributed by atoms with E-state index < -0.39 is 5.97 Å². The lowest BCUT2D eigenvalue weighted by atomic mass is 10.3. The lowest BCUT2D eigenvalue weighted by Crippen LogP contribution is -2.31. The molecule has 0 aliphatic carbocycles. The molecule has 2 heterocycles. The average Bonchev–Trinajstić information content (AvgIpc) is 2.53. The van der Waals surface area contributed by atoms with Crippen LogP contribution in [-0.2, 0) is 0 Å². The smallest absolute Gasteiger partial charge is 0.338 e. The van der Waals surface area contributed by atoms with Crippen LogP contribution in [0.2, 0.25) is 0 Å². The number of nitrogens with zero attached hydrogens (tertiary/aromatic N) is 1. The van der Waals surface area contributed by atoms with Crippen molar-refractivity contribution in [2.45, 2.75) is 11.1 Å². The monoisotopic (exact) mass is 303 g/mol. The molecule has 1 aromatic heterocycles. The normalized spacial score (nSPS) is 16.5. The van der Waals surface area contributed by atoms with Crippen molar-refractivity contribution in [3.8, 4) is 11.5 Å². The predicted molar refractivity (Wildman–Crippen MR) is 78.3 cm³/mol. The van der Waals surface area contributed by atoms with Crippen LogP contribution in [0.15, 0.2) is 47.6 Å². The molecule has 0 saturated heterocycles. The van der Waals surface area contributed by atoms with Gasteiger partial charge in [-0.15, -0.1) is 11.8 Å². The third kappa shape index (κ3) is 3.11. The van der Waals surface area contributed by atoms with Crippen molar-refractivity contribution in [3.05, 3.63) is 48.2 Å². The first-order valence-electron chi connectivity index (χ1n) is 6.43. The Bertz CT molecular complexity index is 662. The van der Waals surface area contributed by atoms with Gasteiger partial charge in [0.1, 0.15) is 17.7 Å². The molecule has 1 aromatic carbocycles. The van der Waals surface area contributed by atoms with E-state index in [1.165, 1.54) is 11.8 Å². The highest BCUT2D eigenvalue weighted by atomic mass is 32.2. The molecule has 1 aliphatic heterocycles. The zero-order valence-corrected chi connectivity index (χ0v) is 11.9. The van der Waals surface area contributed by atoms with E-state index in [9.17, 15) is 4.79 Å². The van der Waals surface area contributed by atoms with Crippen LogP contribution in [0.3, 0.4) is 0 Å². The third-order valence-electron chi connectivity index (χ3n) is 2.98. The topological polar surface area (TPSA) is 68.7 Å². The first-order chi connectivity index (χ1) is 10.2. The van der Waals surface area contributed by atoms with E-state index in [0.29, 0.717) is 23.1 Å². The second-order valence-electron chi connectivity index (χ2n) is 4.47. The average molecular weight is 303 g/mol. The number of pyridine rings is 1. The lowest BCUT2D eigenvalue weighted by Gasteiger charge is -2.26. The molecule has 2 aromatic rings. The molecule has 6 heteroatoms. The van der Waals surface area contributed by atoms with Crippen LogP contribution < -0.4 is 9.47 Å². The number of ether oxygens (including phenoxy) is 2. The number of fused-ring (bicyclic) bond motifs is 1. The van der Waals surface area contributed by atoms with E-state index in [4.69, 9.17) is 14.6 Å². The summed E-state index contributed by atoms with van der Waals surface area (Å²) in [6, 6.07) is 10.7. The molecule has 108 valence electrons. The predicted octanol–water partition coefficient (Wildman–Crippen LogP) is 2.71. The molecule has 0 fully saturated rings. The highest BCUT2D eigenvalue weighted by Crippen LogP contribution is 2.32. The second-order valence-corrected chi connectivity index (χ2v) is 5.48. The quantitative estimate of drug-likeness (QED) is 0.876. The van der Waals surface area contributed by atoms with Crippen molar-refractivity contribution in [1.82, 2.24) is 4.98 Å². The Kier molecular flexibility index (Phi) is 3.96. The van der Waals surface area contributed by atoms with E-state index in [1.807, 2.05) is 24.3 Å². The first kappa shape index (κ1) is 13.8. The van der Waals surface area contributed by atoms with Gasteiger partial charge in [-0.2, -0.15) is 0 Å². The van der Waals surface area contributed by atoms with Gasteiger partial charge in [-0.1, -0.05) is 12.1 Å². The summed E-state index contributed by atoms with van der Waals surface area (Å²) in [5, 5.41) is 9.62. The SMILES string of the molecule is O=C(O)c1cccnc1SCC1COc2ccccc2O1. The molecular formula is C15H13NO4S. The molecule has 3 rings (SSSR count). The fourth-order valence-electron chi connectivity index (χ4n) is 1.99. The van der Waals surface area contributed by atoms with Gasteiger partial charge in [0.05, 0.1) is 5.56 Å². The van der Waals surface area contributed by atoms with Gasteiger partial charge >= 0.3 is 5.97 Å². The summed E-state index contributed by atoms with van der Waals surface area (Å²) in [7, 11) is 0. The van der Waals surface area contributed by atoms with Crippen molar-refractivity contribution in [1.29, 1.82) is 0 Å². The zero-order chi connectivity index (χ0) is 14.7. The van der Waals surface area contributed by atoms with Gasteiger partial charge in [-0.25, -0.2) is 9.78 Å². The number of carbonyl (C=O) groups is 1. The van der Waals surface area contributed by atoms with Gasteiger partial charge in [-0.3, -0.25) is 0 Å². The van der Waals surface area contributed by atoms with E-state index in [-0.39, 0.29) is 11.7 Å². The van der Waals surface area contributed by atoms with Gasteiger partial charge in [-0.05, 0) is 24.3 Å². The van der Waals surface area contributed by atoms with Gasteiger partial charge in [0.15, 0.2) is 11.5 Å². The number of hydrogen-bond acceptors (Lipinski definition) is 5. The van der Waals surface area contributed by atoms with Crippen LogP contribution in [0.1, 0.15) is 10.4 Å². The molecule has 0 amide bonds. The Balaban J connectivity index is 1.66. The molecule has 0 saturated carbocycles. The number of rotatable bonds is 4. The maximum atomic E-state index is 11.1. The molecule has 1 aliphatic rings. The summed E-state index contributed by atoms with van der Waals surface area (Å²) in [5.41, 5.74) is 0.208. The molecule has 21 heavy (non-hydrogen) atoms. The van der Waals surface area contributed by atoms with E-state index in [0.717, 1.165) is 5.75 Å². The maximum Gasteiger partial charge on any atom is 0.338 e. The van der Waals surface area contributed by atoms with Gasteiger partial charge in [0.25, 0.3) is 0 Å². The van der Waals surface area contributed by atoms with Crippen LogP contribution >= 0.6 is 11.8 Å². The Morgan fingerprint density at radius 2 is 2.10 bits per heavy atom. The van der Waals surface area contributed by atoms with E-state index in [2.05, 4.69) is 4.98 Å². The summed E-state index contributed by atoms with van der Waals surface area (Å²) in [5.74, 6) is 1.06. The highest BCUT2D eigenvalue weighted by Gasteiger charge is 2.22. The molecule has 1 atom stereocenters. The standard InChI is InChI=1S/C15H13NO4S/c17-15(18)11-4-3-7-16-14(11)21-9-10-8-19-12-5-1-2-6-13(12)20-10/h1-7,10H,8-9H2,(H,17,18). The zero-order valence-electron chi connectivity index (χ0n) is 11.1. The fraction of sp³-hybridized carbons (Fsp3) is 0.200. The Hall–Kier alpha value is -2.21. The number of carboxylic acid groups (broad SMARTS) is 1. The summed E-state index contributed by atoms with van der Waals surface area (Å²) in [6.07, 6.45) is 1.45. The van der Waals surface area contributed by atoms with Crippen LogP contribution in [-0.4, -0.2) is 34.5 Å². The van der Waals surface area contributed by atoms with Crippen molar-refractivity contribution in [3.63, 3.8) is 0 Å². The van der Waals surface area contributed by atoms with Crippen molar-refractivity contribution in [2.24, 2.45) is 0 Å². The number of para-hydroxylation sites is 2. The van der Waals surface area contributed by atoms with Gasteiger partial charge < -0.3 is 14.6 Å². The van der Waals surface area contributed by atoms with Crippen molar-refractivity contribution < 1.29 is 19.4 Å². The Labute approximate surface area is 125 Å². The minimum Gasteiger partial charge on any atom is -0.486 e. The number of carboxylic acids is 1. The third-order valence-corrected chi connectivity index (χ3v) is 4.11. The molecular weight excluding hydrogens is 290 g/mol. The molecule has 5 nitrogen and oxygen atoms in total. The summed E-state index contributed by atoms with van der Waals surface area (Å²) >= 11 is 1.36. The van der Waals surface area contributed by atoms with Gasteiger partial charge in [0, 0.05) is 11.9 Å². The second kappa shape index (κ2) is 6.05. The van der Waals surface area contributed by atoms with E-state index >= 15 is 0 Å². The lowest BCUT2D eigenvalue weighted by molar-refractivity contribution is 0.0692. The van der Waals surface area contributed by atoms with Crippen molar-refractivity contribution in [2.75, 3.05) is 12.4 Å². The number of aromatic nitrogens is 1. The summed E-state index contributed by atoms with van der Waals surface area (Å²) in [4.78, 5) is 15.2. The number of hydrogen-bond donors (Lipinski definition) is 1. The van der Waals surface area contributed by atoms with Crippen LogP contribution in [0.4, 0.5) is 0 Å². The minimum absolute atomic E-state index is 0.131. The number of thioether (sulfide) groups is 1.